The lowest BCUT2D eigenvalue weighted by atomic mass is 9.87. The molecule has 0 bridgehead atoms. The Kier molecular flexibility index (Phi) is 5.33. The number of nitrogens with zero attached hydrogens (tertiary/aromatic N) is 2. The van der Waals surface area contributed by atoms with Crippen LogP contribution in [-0.4, -0.2) is 17.9 Å². The van der Waals surface area contributed by atoms with Crippen molar-refractivity contribution in [3.63, 3.8) is 0 Å². The molecule has 0 unspecified atom stereocenters. The Morgan fingerprint density at radius 2 is 1.97 bits per heavy atom. The van der Waals surface area contributed by atoms with Crippen LogP contribution in [0.3, 0.4) is 0 Å². The highest BCUT2D eigenvalue weighted by molar-refractivity contribution is 7.80. The number of non-ortho nitro benzene ring substituents is 1. The van der Waals surface area contributed by atoms with E-state index in [1.165, 1.54) is 22.5 Å². The molecule has 5 rings (SSSR count). The van der Waals surface area contributed by atoms with E-state index in [-0.39, 0.29) is 11.6 Å². The zero-order chi connectivity index (χ0) is 23.7. The Hall–Kier alpha value is -2.37. The van der Waals surface area contributed by atoms with Crippen LogP contribution in [0.4, 0.5) is 11.4 Å². The number of hydrogen-bond acceptors (Lipinski definition) is 8. The van der Waals surface area contributed by atoms with Crippen molar-refractivity contribution in [3.8, 4) is 16.9 Å². The summed E-state index contributed by atoms with van der Waals surface area (Å²) in [6.45, 7) is 3.97. The summed E-state index contributed by atoms with van der Waals surface area (Å²) in [6, 6.07) is 10.0. The summed E-state index contributed by atoms with van der Waals surface area (Å²) in [6.07, 6.45) is 0. The summed E-state index contributed by atoms with van der Waals surface area (Å²) in [4.78, 5) is 27.8. The van der Waals surface area contributed by atoms with E-state index in [1.807, 2.05) is 32.0 Å². The number of methoxy groups -OCH3 is 1. The van der Waals surface area contributed by atoms with Crippen LogP contribution in [0, 0.1) is 13.9 Å². The van der Waals surface area contributed by atoms with Crippen molar-refractivity contribution < 1.29 is 14.5 Å². The van der Waals surface area contributed by atoms with Crippen molar-refractivity contribution in [2.45, 2.75) is 19.4 Å². The van der Waals surface area contributed by atoms with E-state index in [9.17, 15) is 14.9 Å². The number of hydrogen-bond donors (Lipinski definition) is 0. The molecule has 0 radical (unpaired) electrons. The van der Waals surface area contributed by atoms with E-state index < -0.39 is 10.5 Å². The molecule has 2 aromatic heterocycles. The van der Waals surface area contributed by atoms with Gasteiger partial charge in [0.2, 0.25) is 0 Å². The fourth-order valence-corrected chi connectivity index (χ4v) is 8.86. The van der Waals surface area contributed by atoms with Crippen molar-refractivity contribution in [2.75, 3.05) is 12.0 Å². The van der Waals surface area contributed by atoms with Gasteiger partial charge in [-0.2, -0.15) is 0 Å². The molecule has 0 saturated heterocycles. The molecular formula is C22H15ClN2O4S4. The number of carbonyl (C=O) groups is 1. The fourth-order valence-electron chi connectivity index (χ4n) is 4.11. The van der Waals surface area contributed by atoms with Gasteiger partial charge in [0.25, 0.3) is 11.6 Å². The van der Waals surface area contributed by atoms with Gasteiger partial charge in [-0.3, -0.25) is 19.8 Å². The fraction of sp³-hybridized carbons (Fsp3) is 0.182. The van der Waals surface area contributed by atoms with Crippen LogP contribution in [0.1, 0.15) is 28.4 Å². The van der Waals surface area contributed by atoms with Gasteiger partial charge in [-0.05, 0) is 38.1 Å². The van der Waals surface area contributed by atoms with Gasteiger partial charge in [0, 0.05) is 33.3 Å². The van der Waals surface area contributed by atoms with E-state index in [1.54, 1.807) is 28.4 Å². The number of anilines is 1. The molecule has 1 aliphatic heterocycles. The average molecular weight is 535 g/mol. The Bertz CT molecular complexity index is 1540. The maximum absolute atomic E-state index is 14.0. The molecule has 1 amide bonds. The number of nitro groups is 1. The summed E-state index contributed by atoms with van der Waals surface area (Å²) in [5.41, 5.74) is 1.79. The topological polar surface area (TPSA) is 72.7 Å². The van der Waals surface area contributed by atoms with E-state index in [2.05, 4.69) is 0 Å². The summed E-state index contributed by atoms with van der Waals surface area (Å²) >= 11 is 13.4. The van der Waals surface area contributed by atoms with Gasteiger partial charge in [0.05, 0.1) is 33.2 Å². The molecule has 0 spiro atoms. The lowest BCUT2D eigenvalue weighted by Crippen LogP contribution is -2.47. The number of benzene rings is 2. The SMILES string of the molecule is COc1ccc2c(c1)-c1c(ssc1=S)C(C)(C)N2C(=O)c1sc2cc([N+](=O)[O-])ccc2c1Cl. The molecule has 0 aliphatic carbocycles. The predicted octanol–water partition coefficient (Wildman–Crippen LogP) is 7.89. The zero-order valence-electron chi connectivity index (χ0n) is 17.5. The standard InChI is InChI=1S/C22H15ClN2O4S4/c1-22(2)19-16(21(30)33-32-19)13-9-11(29-3)5-7-14(13)24(22)20(26)18-17(23)12-6-4-10(25(27)28)8-15(12)31-18/h4-9H,1-3H3. The second-order valence-corrected chi connectivity index (χ2v) is 12.2. The van der Waals surface area contributed by atoms with Gasteiger partial charge < -0.3 is 4.74 Å². The lowest BCUT2D eigenvalue weighted by molar-refractivity contribution is -0.384. The molecule has 3 heterocycles. The van der Waals surface area contributed by atoms with E-state index in [0.717, 1.165) is 36.9 Å². The van der Waals surface area contributed by atoms with Gasteiger partial charge in [-0.25, -0.2) is 0 Å². The molecule has 0 atom stereocenters. The smallest absolute Gasteiger partial charge is 0.270 e. The van der Waals surface area contributed by atoms with E-state index in [4.69, 9.17) is 28.6 Å². The zero-order valence-corrected chi connectivity index (χ0v) is 21.5. The summed E-state index contributed by atoms with van der Waals surface area (Å²) in [5, 5.41) is 12.1. The molecule has 0 saturated carbocycles. The van der Waals surface area contributed by atoms with Crippen molar-refractivity contribution in [3.05, 3.63) is 65.1 Å². The highest BCUT2D eigenvalue weighted by Crippen LogP contribution is 2.54. The quantitative estimate of drug-likeness (QED) is 0.116. The Morgan fingerprint density at radius 1 is 1.21 bits per heavy atom. The number of fused-ring (bicyclic) bond motifs is 4. The van der Waals surface area contributed by atoms with Crippen molar-refractivity contribution >= 4 is 83.2 Å². The molecule has 1 aliphatic rings. The van der Waals surface area contributed by atoms with Gasteiger partial charge in [0.1, 0.15) is 14.5 Å². The first-order valence-electron chi connectivity index (χ1n) is 9.68. The molecule has 11 heteroatoms. The van der Waals surface area contributed by atoms with E-state index >= 15 is 0 Å². The molecule has 168 valence electrons. The van der Waals surface area contributed by atoms with Gasteiger partial charge in [0.15, 0.2) is 0 Å². The number of amides is 1. The van der Waals surface area contributed by atoms with Crippen LogP contribution in [0.5, 0.6) is 5.75 Å². The third-order valence-electron chi connectivity index (χ3n) is 5.68. The van der Waals surface area contributed by atoms with Gasteiger partial charge >= 0.3 is 0 Å². The molecule has 33 heavy (non-hydrogen) atoms. The van der Waals surface area contributed by atoms with Gasteiger partial charge in [-0.15, -0.1) is 11.3 Å². The highest BCUT2D eigenvalue weighted by Gasteiger charge is 2.44. The van der Waals surface area contributed by atoms with Crippen LogP contribution < -0.4 is 9.64 Å². The number of thiophene rings is 1. The monoisotopic (exact) mass is 534 g/mol. The van der Waals surface area contributed by atoms with Gasteiger partial charge in [-0.1, -0.05) is 44.5 Å². The first-order valence-corrected chi connectivity index (χ1v) is 13.4. The minimum Gasteiger partial charge on any atom is -0.497 e. The molecular weight excluding hydrogens is 520 g/mol. The largest absolute Gasteiger partial charge is 0.497 e. The van der Waals surface area contributed by atoms with E-state index in [0.29, 0.717) is 25.7 Å². The molecule has 6 nitrogen and oxygen atoms in total. The molecule has 4 aromatic rings. The average Bonchev–Trinajstić information content (AvgIpc) is 3.34. The number of rotatable bonds is 3. The Balaban J connectivity index is 1.72. The Morgan fingerprint density at radius 3 is 2.67 bits per heavy atom. The summed E-state index contributed by atoms with van der Waals surface area (Å²) in [5.74, 6) is 0.403. The molecule has 2 aromatic carbocycles. The second kappa shape index (κ2) is 7.85. The van der Waals surface area contributed by atoms with Crippen molar-refractivity contribution in [1.29, 1.82) is 0 Å². The lowest BCUT2D eigenvalue weighted by Gasteiger charge is -2.42. The van der Waals surface area contributed by atoms with Crippen LogP contribution in [0.15, 0.2) is 36.4 Å². The third-order valence-corrected chi connectivity index (χ3v) is 10.7. The minimum absolute atomic E-state index is 0.0437. The van der Waals surface area contributed by atoms with Crippen LogP contribution in [-0.2, 0) is 5.54 Å². The highest BCUT2D eigenvalue weighted by atomic mass is 35.5. The Labute approximate surface area is 210 Å². The van der Waals surface area contributed by atoms with Crippen molar-refractivity contribution in [1.82, 2.24) is 0 Å². The first kappa shape index (κ1) is 22.4. The van der Waals surface area contributed by atoms with Crippen LogP contribution in [0.25, 0.3) is 21.2 Å². The second-order valence-electron chi connectivity index (χ2n) is 7.92. The number of halogens is 1. The number of nitro benzene ring substituents is 1. The van der Waals surface area contributed by atoms with Crippen LogP contribution in [0.2, 0.25) is 5.02 Å². The normalized spacial score (nSPS) is 14.1. The number of ether oxygens (including phenoxy) is 1. The molecule has 0 fully saturated rings. The predicted molar refractivity (Wildman–Crippen MR) is 138 cm³/mol. The number of carbonyl (C=O) groups excluding carboxylic acids is 1. The van der Waals surface area contributed by atoms with Crippen LogP contribution >= 0.6 is 55.8 Å². The maximum Gasteiger partial charge on any atom is 0.270 e. The van der Waals surface area contributed by atoms with Crippen molar-refractivity contribution in [2.24, 2.45) is 0 Å². The summed E-state index contributed by atoms with van der Waals surface area (Å²) < 4.78 is 6.80. The minimum atomic E-state index is -0.683. The summed E-state index contributed by atoms with van der Waals surface area (Å²) in [7, 11) is 4.67. The molecule has 0 N–H and O–H groups in total. The third kappa shape index (κ3) is 3.31. The first-order chi connectivity index (χ1) is 15.6. The maximum atomic E-state index is 14.0.